The Hall–Kier alpha value is -1.33. The Morgan fingerprint density at radius 2 is 1.79 bits per heavy atom. The highest BCUT2D eigenvalue weighted by Gasteiger charge is 2.32. The van der Waals surface area contributed by atoms with Crippen molar-refractivity contribution in [1.29, 1.82) is 0 Å². The quantitative estimate of drug-likeness (QED) is 0.713. The Balaban J connectivity index is 2.45. The molecule has 1 heterocycles. The molecular weight excluding hydrogens is 257 g/mol. The Morgan fingerprint density at radius 1 is 1.16 bits per heavy atom. The van der Waals surface area contributed by atoms with Crippen LogP contribution in [0.15, 0.2) is 17.2 Å². The van der Waals surface area contributed by atoms with Crippen molar-refractivity contribution in [3.63, 3.8) is 0 Å². The summed E-state index contributed by atoms with van der Waals surface area (Å²) in [5.74, 6) is 0. The fraction of sp³-hybridized carbons (Fsp3) is 0.692. The monoisotopic (exact) mass is 276 g/mol. The average Bonchev–Trinajstić information content (AvgIpc) is 2.34. The molecule has 19 heavy (non-hydrogen) atoms. The van der Waals surface area contributed by atoms with Crippen LogP contribution in [0.1, 0.15) is 51.1 Å². The summed E-state index contributed by atoms with van der Waals surface area (Å²) >= 11 is 0. The molecule has 0 radical (unpaired) electrons. The molecule has 0 N–H and O–H groups in total. The third-order valence-corrected chi connectivity index (χ3v) is 2.92. The minimum Gasteiger partial charge on any atom is -0.299 e. The smallest absolute Gasteiger partial charge is 0.299 e. The van der Waals surface area contributed by atoms with Gasteiger partial charge in [0.2, 0.25) is 0 Å². The van der Waals surface area contributed by atoms with Crippen LogP contribution in [0.5, 0.6) is 0 Å². The SMILES string of the molecule is CCCCCCCCn1cnc(C(F)(F)F)cc1=O. The molecule has 3 nitrogen and oxygen atoms in total. The van der Waals surface area contributed by atoms with Crippen LogP contribution in [0, 0.1) is 0 Å². The zero-order valence-electron chi connectivity index (χ0n) is 11.0. The molecule has 1 rings (SSSR count). The summed E-state index contributed by atoms with van der Waals surface area (Å²) in [6.45, 7) is 2.56. The highest BCUT2D eigenvalue weighted by molar-refractivity contribution is 5.03. The Labute approximate surface area is 110 Å². The Kier molecular flexibility index (Phi) is 6.05. The van der Waals surface area contributed by atoms with Gasteiger partial charge in [-0.25, -0.2) is 4.98 Å². The van der Waals surface area contributed by atoms with Crippen molar-refractivity contribution in [3.8, 4) is 0 Å². The molecule has 108 valence electrons. The number of unbranched alkanes of at least 4 members (excludes halogenated alkanes) is 5. The topological polar surface area (TPSA) is 34.9 Å². The van der Waals surface area contributed by atoms with Crippen molar-refractivity contribution >= 4 is 0 Å². The highest BCUT2D eigenvalue weighted by atomic mass is 19.4. The second kappa shape index (κ2) is 7.31. The van der Waals surface area contributed by atoms with Crippen molar-refractivity contribution in [2.75, 3.05) is 0 Å². The fourth-order valence-corrected chi connectivity index (χ4v) is 1.81. The van der Waals surface area contributed by atoms with Crippen LogP contribution in [0.4, 0.5) is 13.2 Å². The number of hydrogen-bond acceptors (Lipinski definition) is 2. The molecule has 0 amide bonds. The highest BCUT2D eigenvalue weighted by Crippen LogP contribution is 2.25. The van der Waals surface area contributed by atoms with E-state index in [4.69, 9.17) is 0 Å². The molecule has 0 saturated carbocycles. The second-order valence-electron chi connectivity index (χ2n) is 4.57. The van der Waals surface area contributed by atoms with Gasteiger partial charge in [0.25, 0.3) is 5.56 Å². The second-order valence-corrected chi connectivity index (χ2v) is 4.57. The van der Waals surface area contributed by atoms with Crippen LogP contribution in [0.25, 0.3) is 0 Å². The van der Waals surface area contributed by atoms with E-state index in [1.54, 1.807) is 0 Å². The van der Waals surface area contributed by atoms with E-state index in [0.717, 1.165) is 32.0 Å². The van der Waals surface area contributed by atoms with Crippen molar-refractivity contribution < 1.29 is 13.2 Å². The van der Waals surface area contributed by atoms with Crippen molar-refractivity contribution in [3.05, 3.63) is 28.4 Å². The van der Waals surface area contributed by atoms with Crippen molar-refractivity contribution in [1.82, 2.24) is 9.55 Å². The van der Waals surface area contributed by atoms with Gasteiger partial charge in [0.15, 0.2) is 5.69 Å². The number of nitrogens with zero attached hydrogens (tertiary/aromatic N) is 2. The summed E-state index contributed by atoms with van der Waals surface area (Å²) in [5.41, 5.74) is -1.77. The first-order valence-electron chi connectivity index (χ1n) is 6.59. The predicted molar refractivity (Wildman–Crippen MR) is 66.9 cm³/mol. The lowest BCUT2D eigenvalue weighted by Crippen LogP contribution is -2.23. The molecule has 0 aliphatic rings. The summed E-state index contributed by atoms with van der Waals surface area (Å²) in [6.07, 6.45) is 2.82. The zero-order valence-corrected chi connectivity index (χ0v) is 11.0. The van der Waals surface area contributed by atoms with Gasteiger partial charge in [-0.2, -0.15) is 13.2 Å². The maximum atomic E-state index is 12.3. The predicted octanol–water partition coefficient (Wildman–Crippen LogP) is 3.62. The largest absolute Gasteiger partial charge is 0.433 e. The van der Waals surface area contributed by atoms with E-state index in [9.17, 15) is 18.0 Å². The zero-order chi connectivity index (χ0) is 14.3. The molecule has 0 atom stereocenters. The maximum Gasteiger partial charge on any atom is 0.433 e. The van der Waals surface area contributed by atoms with Gasteiger partial charge in [0.1, 0.15) is 0 Å². The summed E-state index contributed by atoms with van der Waals surface area (Å²) in [7, 11) is 0. The summed E-state index contributed by atoms with van der Waals surface area (Å²) in [6, 6.07) is 0.553. The van der Waals surface area contributed by atoms with Gasteiger partial charge in [-0.3, -0.25) is 9.36 Å². The lowest BCUT2D eigenvalue weighted by atomic mass is 10.1. The normalized spacial score (nSPS) is 11.8. The summed E-state index contributed by atoms with van der Waals surface area (Å²) in [4.78, 5) is 14.8. The molecule has 0 bridgehead atoms. The number of aromatic nitrogens is 2. The van der Waals surface area contributed by atoms with Gasteiger partial charge in [0.05, 0.1) is 6.33 Å². The van der Waals surface area contributed by atoms with Crippen LogP contribution in [-0.4, -0.2) is 9.55 Å². The van der Waals surface area contributed by atoms with E-state index in [-0.39, 0.29) is 0 Å². The average molecular weight is 276 g/mol. The van der Waals surface area contributed by atoms with Crippen molar-refractivity contribution in [2.45, 2.75) is 58.2 Å². The summed E-state index contributed by atoms with van der Waals surface area (Å²) < 4.78 is 38.2. The minimum atomic E-state index is -4.56. The van der Waals surface area contributed by atoms with E-state index < -0.39 is 17.4 Å². The molecule has 0 aliphatic carbocycles. The molecule has 1 aromatic rings. The number of aryl methyl sites for hydroxylation is 1. The molecule has 0 spiro atoms. The van der Waals surface area contributed by atoms with E-state index in [1.165, 1.54) is 17.4 Å². The van der Waals surface area contributed by atoms with Crippen LogP contribution >= 0.6 is 0 Å². The van der Waals surface area contributed by atoms with E-state index in [0.29, 0.717) is 12.6 Å². The first-order valence-corrected chi connectivity index (χ1v) is 6.59. The first kappa shape index (κ1) is 15.7. The van der Waals surface area contributed by atoms with Gasteiger partial charge in [-0.05, 0) is 6.42 Å². The number of alkyl halides is 3. The summed E-state index contributed by atoms with van der Waals surface area (Å²) in [5, 5.41) is 0. The van der Waals surface area contributed by atoms with Crippen molar-refractivity contribution in [2.24, 2.45) is 0 Å². The molecule has 0 unspecified atom stereocenters. The third-order valence-electron chi connectivity index (χ3n) is 2.92. The Morgan fingerprint density at radius 3 is 2.37 bits per heavy atom. The first-order chi connectivity index (χ1) is 8.95. The van der Waals surface area contributed by atoms with Gasteiger partial charge in [-0.1, -0.05) is 39.0 Å². The van der Waals surface area contributed by atoms with Crippen LogP contribution in [-0.2, 0) is 12.7 Å². The van der Waals surface area contributed by atoms with E-state index >= 15 is 0 Å². The standard InChI is InChI=1S/C13H19F3N2O/c1-2-3-4-5-6-7-8-18-10-17-11(9-12(18)19)13(14,15)16/h9-10H,2-8H2,1H3. The number of halogens is 3. The van der Waals surface area contributed by atoms with Gasteiger partial charge in [0, 0.05) is 12.6 Å². The third kappa shape index (κ3) is 5.44. The number of rotatable bonds is 7. The van der Waals surface area contributed by atoms with Crippen LogP contribution in [0.2, 0.25) is 0 Å². The van der Waals surface area contributed by atoms with Gasteiger partial charge in [-0.15, -0.1) is 0 Å². The van der Waals surface area contributed by atoms with Gasteiger partial charge < -0.3 is 0 Å². The van der Waals surface area contributed by atoms with Crippen LogP contribution in [0.3, 0.4) is 0 Å². The maximum absolute atomic E-state index is 12.3. The van der Waals surface area contributed by atoms with Gasteiger partial charge >= 0.3 is 6.18 Å². The molecule has 6 heteroatoms. The fourth-order valence-electron chi connectivity index (χ4n) is 1.81. The molecule has 0 fully saturated rings. The molecule has 0 aromatic carbocycles. The lowest BCUT2D eigenvalue weighted by Gasteiger charge is -2.08. The van der Waals surface area contributed by atoms with E-state index in [1.807, 2.05) is 0 Å². The van der Waals surface area contributed by atoms with E-state index in [2.05, 4.69) is 11.9 Å². The lowest BCUT2D eigenvalue weighted by molar-refractivity contribution is -0.141. The minimum absolute atomic E-state index is 0.427. The molecule has 1 aromatic heterocycles. The number of hydrogen-bond donors (Lipinski definition) is 0. The Bertz CT molecular complexity index is 440. The molecule has 0 aliphatic heterocycles. The molecule has 0 saturated heterocycles. The van der Waals surface area contributed by atoms with Crippen LogP contribution < -0.4 is 5.56 Å². The molecular formula is C13H19F3N2O.